The molecule has 1 aliphatic heterocycles. The molecule has 132 valence electrons. The predicted octanol–water partition coefficient (Wildman–Crippen LogP) is 5.13. The van der Waals surface area contributed by atoms with Gasteiger partial charge in [-0.2, -0.15) is 0 Å². The molecule has 26 heavy (non-hydrogen) atoms. The quantitative estimate of drug-likeness (QED) is 0.527. The zero-order valence-corrected chi connectivity index (χ0v) is 14.7. The van der Waals surface area contributed by atoms with Crippen molar-refractivity contribution in [1.29, 1.82) is 0 Å². The van der Waals surface area contributed by atoms with E-state index >= 15 is 0 Å². The third-order valence-corrected chi connectivity index (χ3v) is 4.89. The molecule has 5 nitrogen and oxygen atoms in total. The largest absolute Gasteiger partial charge is 0.471 e. The number of benzene rings is 3. The zero-order chi connectivity index (χ0) is 18.3. The molecule has 5 heteroatoms. The molecule has 0 saturated heterocycles. The minimum Gasteiger partial charge on any atom is -0.471 e. The minimum absolute atomic E-state index is 0.0800. The molecule has 0 radical (unpaired) electrons. The Hall–Kier alpha value is -2.92. The number of hydrogen-bond acceptors (Lipinski definition) is 4. The number of ether oxygens (including phenoxy) is 1. The van der Waals surface area contributed by atoms with Gasteiger partial charge in [0.15, 0.2) is 6.23 Å². The highest BCUT2D eigenvalue weighted by atomic mass is 16.6. The average Bonchev–Trinajstić information content (AvgIpc) is 2.66. The van der Waals surface area contributed by atoms with E-state index in [4.69, 9.17) is 4.74 Å². The maximum absolute atomic E-state index is 10.9. The second kappa shape index (κ2) is 6.42. The summed E-state index contributed by atoms with van der Waals surface area (Å²) in [5.41, 5.74) is 2.13. The van der Waals surface area contributed by atoms with Gasteiger partial charge in [-0.3, -0.25) is 15.4 Å². The number of nitrogens with one attached hydrogen (secondary N) is 1. The molecule has 0 fully saturated rings. The van der Waals surface area contributed by atoms with Crippen LogP contribution in [0.25, 0.3) is 10.8 Å². The molecule has 4 rings (SSSR count). The van der Waals surface area contributed by atoms with Crippen molar-refractivity contribution in [3.63, 3.8) is 0 Å². The monoisotopic (exact) mass is 348 g/mol. The van der Waals surface area contributed by atoms with Gasteiger partial charge in [0.05, 0.1) is 4.92 Å². The van der Waals surface area contributed by atoms with Gasteiger partial charge in [0.1, 0.15) is 5.75 Å². The van der Waals surface area contributed by atoms with Crippen LogP contribution in [-0.4, -0.2) is 4.92 Å². The molecule has 3 aromatic carbocycles. The number of nitrogens with zero attached hydrogens (tertiary/aromatic N) is 1. The smallest absolute Gasteiger partial charge is 0.269 e. The number of nitro benzene ring substituents is 1. The molecule has 0 aromatic heterocycles. The Morgan fingerprint density at radius 3 is 2.46 bits per heavy atom. The summed E-state index contributed by atoms with van der Waals surface area (Å²) >= 11 is 0. The van der Waals surface area contributed by atoms with Crippen molar-refractivity contribution in [2.24, 2.45) is 5.92 Å². The van der Waals surface area contributed by atoms with Crippen molar-refractivity contribution >= 4 is 16.5 Å². The number of rotatable bonds is 3. The first-order valence-corrected chi connectivity index (χ1v) is 8.73. The van der Waals surface area contributed by atoms with Gasteiger partial charge in [-0.25, -0.2) is 0 Å². The lowest BCUT2D eigenvalue weighted by Crippen LogP contribution is -2.37. The van der Waals surface area contributed by atoms with Crippen LogP contribution in [0.4, 0.5) is 5.69 Å². The van der Waals surface area contributed by atoms with E-state index < -0.39 is 4.92 Å². The standard InChI is InChI=1S/C21H20N2O3/c1-13(2)20-19-17-6-4-3-5-14(17)9-12-18(19)26-21(22-20)15-7-10-16(11-8-15)23(24)25/h3-13,20-22H,1-2H3/t20-,21+/m1/s1. The Balaban J connectivity index is 1.77. The van der Waals surface area contributed by atoms with Crippen LogP contribution in [0.1, 0.15) is 37.2 Å². The fraction of sp³-hybridized carbons (Fsp3) is 0.238. The Morgan fingerprint density at radius 2 is 1.77 bits per heavy atom. The molecule has 2 atom stereocenters. The van der Waals surface area contributed by atoms with Crippen LogP contribution in [0.3, 0.4) is 0 Å². The molecule has 0 spiro atoms. The van der Waals surface area contributed by atoms with Crippen LogP contribution in [-0.2, 0) is 0 Å². The van der Waals surface area contributed by atoms with E-state index in [1.54, 1.807) is 12.1 Å². The molecule has 1 heterocycles. The van der Waals surface area contributed by atoms with Crippen LogP contribution in [0.15, 0.2) is 60.7 Å². The summed E-state index contributed by atoms with van der Waals surface area (Å²) in [4.78, 5) is 10.5. The number of fused-ring (bicyclic) bond motifs is 3. The average molecular weight is 348 g/mol. The maximum atomic E-state index is 10.9. The van der Waals surface area contributed by atoms with Gasteiger partial charge in [0.25, 0.3) is 5.69 Å². The molecule has 3 aromatic rings. The second-order valence-electron chi connectivity index (χ2n) is 6.93. The van der Waals surface area contributed by atoms with Gasteiger partial charge < -0.3 is 4.74 Å². The van der Waals surface area contributed by atoms with E-state index in [-0.39, 0.29) is 18.0 Å². The summed E-state index contributed by atoms with van der Waals surface area (Å²) < 4.78 is 6.23. The molecule has 0 saturated carbocycles. The topological polar surface area (TPSA) is 64.4 Å². The highest BCUT2D eigenvalue weighted by Crippen LogP contribution is 2.42. The first-order chi connectivity index (χ1) is 12.5. The fourth-order valence-electron chi connectivity index (χ4n) is 3.57. The Bertz CT molecular complexity index is 967. The lowest BCUT2D eigenvalue weighted by molar-refractivity contribution is -0.384. The molecular weight excluding hydrogens is 328 g/mol. The maximum Gasteiger partial charge on any atom is 0.269 e. The van der Waals surface area contributed by atoms with Crippen LogP contribution < -0.4 is 10.1 Å². The molecule has 1 N–H and O–H groups in total. The summed E-state index contributed by atoms with van der Waals surface area (Å²) in [5.74, 6) is 1.23. The van der Waals surface area contributed by atoms with Crippen LogP contribution in [0.2, 0.25) is 0 Å². The summed E-state index contributed by atoms with van der Waals surface area (Å²) in [5, 5.41) is 16.8. The molecule has 0 unspecified atom stereocenters. The van der Waals surface area contributed by atoms with Crippen LogP contribution >= 0.6 is 0 Å². The van der Waals surface area contributed by atoms with Gasteiger partial charge in [0.2, 0.25) is 0 Å². The van der Waals surface area contributed by atoms with Gasteiger partial charge >= 0.3 is 0 Å². The highest BCUT2D eigenvalue weighted by molar-refractivity contribution is 5.88. The Labute approximate surface area is 151 Å². The lowest BCUT2D eigenvalue weighted by Gasteiger charge is -2.36. The number of non-ortho nitro benzene ring substituents is 1. The van der Waals surface area contributed by atoms with E-state index in [2.05, 4.69) is 37.4 Å². The zero-order valence-electron chi connectivity index (χ0n) is 14.7. The molecule has 0 bridgehead atoms. The molecular formula is C21H20N2O3. The van der Waals surface area contributed by atoms with Crippen LogP contribution in [0.5, 0.6) is 5.75 Å². The first-order valence-electron chi connectivity index (χ1n) is 8.73. The third-order valence-electron chi connectivity index (χ3n) is 4.89. The van der Waals surface area contributed by atoms with Crippen molar-refractivity contribution in [2.75, 3.05) is 0 Å². The molecule has 0 aliphatic carbocycles. The van der Waals surface area contributed by atoms with Crippen molar-refractivity contribution in [2.45, 2.75) is 26.1 Å². The van der Waals surface area contributed by atoms with Gasteiger partial charge in [-0.05, 0) is 34.9 Å². The van der Waals surface area contributed by atoms with Crippen molar-refractivity contribution < 1.29 is 9.66 Å². The van der Waals surface area contributed by atoms with Crippen molar-refractivity contribution in [1.82, 2.24) is 5.32 Å². The van der Waals surface area contributed by atoms with E-state index in [1.165, 1.54) is 28.5 Å². The van der Waals surface area contributed by atoms with Gasteiger partial charge in [0, 0.05) is 29.3 Å². The number of hydrogen-bond donors (Lipinski definition) is 1. The summed E-state index contributed by atoms with van der Waals surface area (Å²) in [6.45, 7) is 4.36. The molecule has 1 aliphatic rings. The normalized spacial score (nSPS) is 19.2. The lowest BCUT2D eigenvalue weighted by atomic mass is 9.89. The Kier molecular flexibility index (Phi) is 4.09. The summed E-state index contributed by atoms with van der Waals surface area (Å²) in [6, 6.07) is 19.1. The van der Waals surface area contributed by atoms with E-state index in [0.717, 1.165) is 11.3 Å². The summed E-state index contributed by atoms with van der Waals surface area (Å²) in [7, 11) is 0. The predicted molar refractivity (Wildman–Crippen MR) is 101 cm³/mol. The van der Waals surface area contributed by atoms with Gasteiger partial charge in [-0.1, -0.05) is 44.2 Å². The van der Waals surface area contributed by atoms with E-state index in [0.29, 0.717) is 5.92 Å². The van der Waals surface area contributed by atoms with Crippen LogP contribution in [0, 0.1) is 16.0 Å². The Morgan fingerprint density at radius 1 is 1.04 bits per heavy atom. The van der Waals surface area contributed by atoms with Crippen molar-refractivity contribution in [3.05, 3.63) is 81.9 Å². The summed E-state index contributed by atoms with van der Waals surface area (Å²) in [6.07, 6.45) is -0.336. The highest BCUT2D eigenvalue weighted by Gasteiger charge is 2.31. The third kappa shape index (κ3) is 2.80. The first kappa shape index (κ1) is 16.5. The van der Waals surface area contributed by atoms with Gasteiger partial charge in [-0.15, -0.1) is 0 Å². The van der Waals surface area contributed by atoms with E-state index in [1.807, 2.05) is 18.2 Å². The SMILES string of the molecule is CC(C)[C@H]1N[C@H](c2ccc([N+](=O)[O-])cc2)Oc2ccc3ccccc3c21. The fourth-order valence-corrected chi connectivity index (χ4v) is 3.57. The van der Waals surface area contributed by atoms with Crippen molar-refractivity contribution in [3.8, 4) is 5.75 Å². The minimum atomic E-state index is -0.392. The number of nitro groups is 1. The molecule has 0 amide bonds. The van der Waals surface area contributed by atoms with E-state index in [9.17, 15) is 10.1 Å². The second-order valence-corrected chi connectivity index (χ2v) is 6.93.